The minimum atomic E-state index is -3.49. The molecular weight excluding hydrogens is 354 g/mol. The summed E-state index contributed by atoms with van der Waals surface area (Å²) >= 11 is 0. The van der Waals surface area contributed by atoms with Crippen LogP contribution in [-0.4, -0.2) is 48.7 Å². The molecule has 0 amide bonds. The summed E-state index contributed by atoms with van der Waals surface area (Å²) in [6.07, 6.45) is 0. The average Bonchev–Trinajstić information content (AvgIpc) is 2.63. The van der Waals surface area contributed by atoms with Crippen molar-refractivity contribution in [3.8, 4) is 0 Å². The van der Waals surface area contributed by atoms with Crippen LogP contribution in [0.15, 0.2) is 54.6 Å². The molecule has 0 aliphatic carbocycles. The van der Waals surface area contributed by atoms with Crippen LogP contribution in [0, 0.1) is 10.1 Å². The molecular formula is C18H21N3O4S. The number of piperazine rings is 1. The van der Waals surface area contributed by atoms with Gasteiger partial charge in [-0.1, -0.05) is 42.5 Å². The van der Waals surface area contributed by atoms with E-state index in [2.05, 4.69) is 17.0 Å². The van der Waals surface area contributed by atoms with Gasteiger partial charge < -0.3 is 0 Å². The third kappa shape index (κ3) is 4.66. The second kappa shape index (κ2) is 7.94. The summed E-state index contributed by atoms with van der Waals surface area (Å²) in [6.45, 7) is 3.01. The predicted octanol–water partition coefficient (Wildman–Crippen LogP) is 2.24. The molecule has 1 aliphatic heterocycles. The predicted molar refractivity (Wildman–Crippen MR) is 99.0 cm³/mol. The molecule has 0 saturated carbocycles. The Balaban J connectivity index is 1.59. The maximum Gasteiger partial charge on any atom is 0.269 e. The highest BCUT2D eigenvalue weighted by molar-refractivity contribution is 7.88. The third-order valence-electron chi connectivity index (χ3n) is 4.44. The molecule has 138 valence electrons. The molecule has 1 heterocycles. The van der Waals surface area contributed by atoms with Gasteiger partial charge in [0.25, 0.3) is 5.69 Å². The molecule has 7 nitrogen and oxygen atoms in total. The van der Waals surface area contributed by atoms with E-state index >= 15 is 0 Å². The van der Waals surface area contributed by atoms with Crippen molar-refractivity contribution in [1.29, 1.82) is 0 Å². The van der Waals surface area contributed by atoms with Crippen LogP contribution in [0.1, 0.15) is 11.1 Å². The number of nitro groups is 1. The molecule has 0 unspecified atom stereocenters. The number of nitrogens with zero attached hydrogens (tertiary/aromatic N) is 3. The van der Waals surface area contributed by atoms with Crippen LogP contribution < -0.4 is 0 Å². The van der Waals surface area contributed by atoms with E-state index in [1.54, 1.807) is 6.07 Å². The summed E-state index contributed by atoms with van der Waals surface area (Å²) in [5, 5.41) is 10.8. The number of non-ortho nitro benzene ring substituents is 1. The van der Waals surface area contributed by atoms with Crippen molar-refractivity contribution in [2.45, 2.75) is 12.3 Å². The van der Waals surface area contributed by atoms with E-state index < -0.39 is 14.9 Å². The minimum Gasteiger partial charge on any atom is -0.296 e. The Morgan fingerprint density at radius 3 is 2.23 bits per heavy atom. The standard InChI is InChI=1S/C18H21N3O4S/c22-21(23)18-8-4-7-17(13-18)15-26(24,25)20-11-9-19(10-12-20)14-16-5-2-1-3-6-16/h1-8,13H,9-12,14-15H2. The molecule has 2 aromatic carbocycles. The molecule has 1 aliphatic rings. The van der Waals surface area contributed by atoms with E-state index in [-0.39, 0.29) is 11.4 Å². The van der Waals surface area contributed by atoms with Gasteiger partial charge in [-0.15, -0.1) is 0 Å². The van der Waals surface area contributed by atoms with E-state index in [1.807, 2.05) is 18.2 Å². The molecule has 0 aromatic heterocycles. The number of nitro benzene ring substituents is 1. The van der Waals surface area contributed by atoms with Gasteiger partial charge >= 0.3 is 0 Å². The maximum absolute atomic E-state index is 12.6. The molecule has 0 radical (unpaired) electrons. The highest BCUT2D eigenvalue weighted by atomic mass is 32.2. The number of hydrogen-bond donors (Lipinski definition) is 0. The highest BCUT2D eigenvalue weighted by Crippen LogP contribution is 2.18. The van der Waals surface area contributed by atoms with Gasteiger partial charge in [-0.25, -0.2) is 8.42 Å². The molecule has 1 fully saturated rings. The van der Waals surface area contributed by atoms with E-state index in [9.17, 15) is 18.5 Å². The van der Waals surface area contributed by atoms with Gasteiger partial charge in [0.15, 0.2) is 0 Å². The Morgan fingerprint density at radius 1 is 0.923 bits per heavy atom. The van der Waals surface area contributed by atoms with Crippen LogP contribution in [0.3, 0.4) is 0 Å². The van der Waals surface area contributed by atoms with Gasteiger partial charge in [-0.3, -0.25) is 15.0 Å². The van der Waals surface area contributed by atoms with Crippen LogP contribution >= 0.6 is 0 Å². The first kappa shape index (κ1) is 18.5. The Morgan fingerprint density at radius 2 is 1.58 bits per heavy atom. The fourth-order valence-electron chi connectivity index (χ4n) is 3.07. The zero-order valence-corrected chi connectivity index (χ0v) is 15.1. The van der Waals surface area contributed by atoms with Crippen molar-refractivity contribution in [2.24, 2.45) is 0 Å². The highest BCUT2D eigenvalue weighted by Gasteiger charge is 2.27. The molecule has 1 saturated heterocycles. The minimum absolute atomic E-state index is 0.0922. The third-order valence-corrected chi connectivity index (χ3v) is 6.29. The summed E-state index contributed by atoms with van der Waals surface area (Å²) in [5.74, 6) is -0.215. The topological polar surface area (TPSA) is 83.8 Å². The van der Waals surface area contributed by atoms with Crippen molar-refractivity contribution in [3.05, 3.63) is 75.8 Å². The SMILES string of the molecule is O=[N+]([O-])c1cccc(CS(=O)(=O)N2CCN(Cc3ccccc3)CC2)c1. The van der Waals surface area contributed by atoms with Crippen molar-refractivity contribution < 1.29 is 13.3 Å². The molecule has 0 bridgehead atoms. The largest absolute Gasteiger partial charge is 0.296 e. The van der Waals surface area contributed by atoms with Crippen molar-refractivity contribution >= 4 is 15.7 Å². The van der Waals surface area contributed by atoms with Crippen LogP contribution in [-0.2, 0) is 22.3 Å². The average molecular weight is 375 g/mol. The van der Waals surface area contributed by atoms with Gasteiger partial charge in [0, 0.05) is 44.9 Å². The number of benzene rings is 2. The first-order valence-corrected chi connectivity index (χ1v) is 10.0. The summed E-state index contributed by atoms with van der Waals surface area (Å²) in [5.41, 5.74) is 1.55. The lowest BCUT2D eigenvalue weighted by Gasteiger charge is -2.34. The lowest BCUT2D eigenvalue weighted by atomic mass is 10.2. The molecule has 0 N–H and O–H groups in total. The number of hydrogen-bond acceptors (Lipinski definition) is 5. The molecule has 8 heteroatoms. The molecule has 2 aromatic rings. The van der Waals surface area contributed by atoms with Crippen molar-refractivity contribution in [1.82, 2.24) is 9.21 Å². The fraction of sp³-hybridized carbons (Fsp3) is 0.333. The smallest absolute Gasteiger partial charge is 0.269 e. The van der Waals surface area contributed by atoms with Crippen LogP contribution in [0.2, 0.25) is 0 Å². The maximum atomic E-state index is 12.6. The van der Waals surface area contributed by atoms with Gasteiger partial charge in [0.2, 0.25) is 10.0 Å². The first-order valence-electron chi connectivity index (χ1n) is 8.41. The summed E-state index contributed by atoms with van der Waals surface area (Å²) in [4.78, 5) is 12.6. The Bertz CT molecular complexity index is 863. The van der Waals surface area contributed by atoms with E-state index in [0.717, 1.165) is 6.54 Å². The monoisotopic (exact) mass is 375 g/mol. The lowest BCUT2D eigenvalue weighted by Crippen LogP contribution is -2.48. The molecule has 0 atom stereocenters. The first-order chi connectivity index (χ1) is 12.4. The molecule has 26 heavy (non-hydrogen) atoms. The molecule has 0 spiro atoms. The van der Waals surface area contributed by atoms with Gasteiger partial charge in [0.05, 0.1) is 10.7 Å². The zero-order chi connectivity index (χ0) is 18.6. The second-order valence-electron chi connectivity index (χ2n) is 6.34. The number of sulfonamides is 1. The van der Waals surface area contributed by atoms with Crippen molar-refractivity contribution in [2.75, 3.05) is 26.2 Å². The lowest BCUT2D eigenvalue weighted by molar-refractivity contribution is -0.384. The summed E-state index contributed by atoms with van der Waals surface area (Å²) < 4.78 is 26.8. The van der Waals surface area contributed by atoms with E-state index in [0.29, 0.717) is 31.7 Å². The summed E-state index contributed by atoms with van der Waals surface area (Å²) in [7, 11) is -3.49. The Kier molecular flexibility index (Phi) is 5.65. The van der Waals surface area contributed by atoms with Crippen LogP contribution in [0.4, 0.5) is 5.69 Å². The van der Waals surface area contributed by atoms with Gasteiger partial charge in [-0.2, -0.15) is 4.31 Å². The zero-order valence-electron chi connectivity index (χ0n) is 14.3. The fourth-order valence-corrected chi connectivity index (χ4v) is 4.57. The quantitative estimate of drug-likeness (QED) is 0.571. The number of rotatable bonds is 6. The normalized spacial score (nSPS) is 16.5. The van der Waals surface area contributed by atoms with E-state index in [1.165, 1.54) is 28.1 Å². The van der Waals surface area contributed by atoms with Gasteiger partial charge in [0.1, 0.15) is 0 Å². The van der Waals surface area contributed by atoms with Crippen LogP contribution in [0.5, 0.6) is 0 Å². The molecule has 3 rings (SSSR count). The van der Waals surface area contributed by atoms with E-state index in [4.69, 9.17) is 0 Å². The Labute approximate surface area is 153 Å². The Hall–Kier alpha value is -2.29. The van der Waals surface area contributed by atoms with Crippen LogP contribution in [0.25, 0.3) is 0 Å². The van der Waals surface area contributed by atoms with Crippen molar-refractivity contribution in [3.63, 3.8) is 0 Å². The van der Waals surface area contributed by atoms with Gasteiger partial charge in [-0.05, 0) is 11.1 Å². The summed E-state index contributed by atoms with van der Waals surface area (Å²) in [6, 6.07) is 15.9. The second-order valence-corrected chi connectivity index (χ2v) is 8.31.